The van der Waals surface area contributed by atoms with Gasteiger partial charge < -0.3 is 10.6 Å². The zero-order valence-electron chi connectivity index (χ0n) is 17.3. The van der Waals surface area contributed by atoms with E-state index in [9.17, 15) is 8.42 Å². The molecule has 9 nitrogen and oxygen atoms in total. The lowest BCUT2D eigenvalue weighted by Gasteiger charge is -2.10. The molecular weight excluding hydrogens is 517 g/mol. The molecule has 0 radical (unpaired) electrons. The number of thiocarbonyl (C=S) groups is 1. The monoisotopic (exact) mass is 533 g/mol. The summed E-state index contributed by atoms with van der Waals surface area (Å²) in [6, 6.07) is 13.0. The molecule has 0 saturated heterocycles. The molecule has 0 aliphatic carbocycles. The van der Waals surface area contributed by atoms with Crippen molar-refractivity contribution in [2.75, 3.05) is 15.4 Å². The molecule has 34 heavy (non-hydrogen) atoms. The van der Waals surface area contributed by atoms with Gasteiger partial charge in [-0.3, -0.25) is 4.68 Å². The summed E-state index contributed by atoms with van der Waals surface area (Å²) in [6.07, 6.45) is 6.31. The van der Waals surface area contributed by atoms with Gasteiger partial charge in [0.05, 0.1) is 23.3 Å². The molecule has 174 valence electrons. The van der Waals surface area contributed by atoms with Gasteiger partial charge in [-0.2, -0.15) is 5.10 Å². The first kappa shape index (κ1) is 23.9. The van der Waals surface area contributed by atoms with Gasteiger partial charge in [0.2, 0.25) is 5.95 Å². The van der Waals surface area contributed by atoms with Crippen LogP contribution < -0.4 is 15.4 Å². The molecule has 2 aromatic carbocycles. The van der Waals surface area contributed by atoms with Crippen molar-refractivity contribution in [1.82, 2.24) is 19.7 Å². The van der Waals surface area contributed by atoms with Crippen molar-refractivity contribution in [3.8, 4) is 0 Å². The molecule has 3 N–H and O–H groups in total. The summed E-state index contributed by atoms with van der Waals surface area (Å²) >= 11 is 17.5. The molecule has 13 heteroatoms. The standard InChI is InChI=1S/C21H17Cl2N7O2S2/c22-15-3-2-14(19(23)10-15)12-30-13-17(11-26-30)28-21(33)27-16-4-6-18(7-5-16)34(31,32)29-20-24-8-1-9-25-20/h1-11,13H,12H2,(H,24,25,29)(H2,27,28,33). The molecule has 4 rings (SSSR count). The molecule has 2 heterocycles. The quantitative estimate of drug-likeness (QED) is 0.294. The van der Waals surface area contributed by atoms with Crippen LogP contribution in [0.1, 0.15) is 5.56 Å². The maximum absolute atomic E-state index is 12.5. The van der Waals surface area contributed by atoms with E-state index >= 15 is 0 Å². The Bertz CT molecular complexity index is 1410. The Hall–Kier alpha value is -3.25. The van der Waals surface area contributed by atoms with E-state index in [1.807, 2.05) is 6.07 Å². The van der Waals surface area contributed by atoms with Crippen LogP contribution in [0.3, 0.4) is 0 Å². The van der Waals surface area contributed by atoms with Crippen LogP contribution in [0.25, 0.3) is 0 Å². The number of sulfonamides is 1. The number of nitrogens with zero attached hydrogens (tertiary/aromatic N) is 4. The van der Waals surface area contributed by atoms with Gasteiger partial charge in [-0.25, -0.2) is 23.1 Å². The number of halogens is 2. The summed E-state index contributed by atoms with van der Waals surface area (Å²) < 4.78 is 29.0. The summed E-state index contributed by atoms with van der Waals surface area (Å²) in [4.78, 5) is 7.78. The maximum Gasteiger partial charge on any atom is 0.264 e. The third-order valence-corrected chi connectivity index (χ3v) is 6.59. The highest BCUT2D eigenvalue weighted by molar-refractivity contribution is 7.92. The molecule has 0 aliphatic rings. The summed E-state index contributed by atoms with van der Waals surface area (Å²) in [5.74, 6) is -0.00559. The van der Waals surface area contributed by atoms with Crippen molar-refractivity contribution in [2.45, 2.75) is 11.4 Å². The van der Waals surface area contributed by atoms with Gasteiger partial charge in [0, 0.05) is 34.3 Å². The number of anilines is 3. The molecule has 0 fully saturated rings. The Kier molecular flexibility index (Phi) is 7.27. The first-order chi connectivity index (χ1) is 16.3. The van der Waals surface area contributed by atoms with Crippen LogP contribution in [-0.2, 0) is 16.6 Å². The van der Waals surface area contributed by atoms with E-state index in [0.717, 1.165) is 5.56 Å². The van der Waals surface area contributed by atoms with E-state index in [4.69, 9.17) is 35.4 Å². The summed E-state index contributed by atoms with van der Waals surface area (Å²) in [7, 11) is -3.81. The minimum atomic E-state index is -3.81. The van der Waals surface area contributed by atoms with Crippen molar-refractivity contribution in [3.63, 3.8) is 0 Å². The lowest BCUT2D eigenvalue weighted by Crippen LogP contribution is -2.19. The fourth-order valence-electron chi connectivity index (χ4n) is 2.88. The van der Waals surface area contributed by atoms with E-state index in [0.29, 0.717) is 33.1 Å². The molecule has 0 amide bonds. The first-order valence-corrected chi connectivity index (χ1v) is 12.4. The van der Waals surface area contributed by atoms with Crippen molar-refractivity contribution >= 4 is 67.9 Å². The molecule has 0 bridgehead atoms. The van der Waals surface area contributed by atoms with Crippen LogP contribution in [-0.4, -0.2) is 33.3 Å². The Morgan fingerprint density at radius 2 is 1.71 bits per heavy atom. The van der Waals surface area contributed by atoms with Gasteiger partial charge >= 0.3 is 0 Å². The first-order valence-electron chi connectivity index (χ1n) is 9.73. The lowest BCUT2D eigenvalue weighted by molar-refractivity contribution is 0.601. The van der Waals surface area contributed by atoms with Gasteiger partial charge in [-0.1, -0.05) is 29.3 Å². The number of benzene rings is 2. The third kappa shape index (κ3) is 6.20. The zero-order valence-corrected chi connectivity index (χ0v) is 20.5. The highest BCUT2D eigenvalue weighted by Crippen LogP contribution is 2.22. The van der Waals surface area contributed by atoms with Gasteiger partial charge in [0.1, 0.15) is 0 Å². The topological polar surface area (TPSA) is 114 Å². The van der Waals surface area contributed by atoms with Crippen molar-refractivity contribution < 1.29 is 8.42 Å². The van der Waals surface area contributed by atoms with Crippen molar-refractivity contribution in [1.29, 1.82) is 0 Å². The van der Waals surface area contributed by atoms with Gasteiger partial charge in [0.25, 0.3) is 10.0 Å². The van der Waals surface area contributed by atoms with Crippen molar-refractivity contribution in [3.05, 3.63) is 88.9 Å². The molecule has 4 aromatic rings. The Labute approximate surface area is 211 Å². The average molecular weight is 534 g/mol. The van der Waals surface area contributed by atoms with E-state index in [-0.39, 0.29) is 10.8 Å². The molecule has 2 aromatic heterocycles. The molecule has 0 unspecified atom stereocenters. The van der Waals surface area contributed by atoms with Gasteiger partial charge in [-0.05, 0) is 60.2 Å². The predicted octanol–water partition coefficient (Wildman–Crippen LogP) is 4.64. The number of aromatic nitrogens is 4. The van der Waals surface area contributed by atoms with Crippen LogP contribution in [0, 0.1) is 0 Å². The largest absolute Gasteiger partial charge is 0.332 e. The molecule has 0 spiro atoms. The number of hydrogen-bond acceptors (Lipinski definition) is 6. The smallest absolute Gasteiger partial charge is 0.264 e. The second-order valence-corrected chi connectivity index (χ2v) is 9.88. The van der Waals surface area contributed by atoms with Crippen LogP contribution in [0.2, 0.25) is 10.0 Å². The second kappa shape index (κ2) is 10.3. The second-order valence-electron chi connectivity index (χ2n) is 6.94. The Morgan fingerprint density at radius 1 is 1.00 bits per heavy atom. The highest BCUT2D eigenvalue weighted by atomic mass is 35.5. The number of hydrogen-bond donors (Lipinski definition) is 3. The van der Waals surface area contributed by atoms with Crippen LogP contribution >= 0.6 is 35.4 Å². The Morgan fingerprint density at radius 3 is 2.41 bits per heavy atom. The Balaban J connectivity index is 1.34. The predicted molar refractivity (Wildman–Crippen MR) is 137 cm³/mol. The molecule has 0 aliphatic heterocycles. The normalized spacial score (nSPS) is 11.1. The van der Waals surface area contributed by atoms with Crippen LogP contribution in [0.5, 0.6) is 0 Å². The highest BCUT2D eigenvalue weighted by Gasteiger charge is 2.15. The SMILES string of the molecule is O=S(=O)(Nc1ncccn1)c1ccc(NC(=S)Nc2cnn(Cc3ccc(Cl)cc3Cl)c2)cc1. The summed E-state index contributed by atoms with van der Waals surface area (Å²) in [6.45, 7) is 0.468. The number of nitrogens with one attached hydrogen (secondary N) is 3. The van der Waals surface area contributed by atoms with E-state index < -0.39 is 10.0 Å². The fourth-order valence-corrected chi connectivity index (χ4v) is 4.54. The minimum absolute atomic E-state index is 0.00559. The molecule has 0 atom stereocenters. The van der Waals surface area contributed by atoms with Crippen LogP contribution in [0.15, 0.2) is 78.2 Å². The third-order valence-electron chi connectivity index (χ3n) is 4.45. The molecular formula is C21H17Cl2N7O2S2. The minimum Gasteiger partial charge on any atom is -0.332 e. The number of rotatable bonds is 7. The van der Waals surface area contributed by atoms with Crippen LogP contribution in [0.4, 0.5) is 17.3 Å². The molecule has 0 saturated carbocycles. The summed E-state index contributed by atoms with van der Waals surface area (Å²) in [5, 5.41) is 11.8. The van der Waals surface area contributed by atoms with Crippen molar-refractivity contribution in [2.24, 2.45) is 0 Å². The van der Waals surface area contributed by atoms with E-state index in [2.05, 4.69) is 30.4 Å². The zero-order chi connectivity index (χ0) is 24.1. The lowest BCUT2D eigenvalue weighted by atomic mass is 10.2. The summed E-state index contributed by atoms with van der Waals surface area (Å²) in [5.41, 5.74) is 2.16. The average Bonchev–Trinajstić information content (AvgIpc) is 3.23. The van der Waals surface area contributed by atoms with Gasteiger partial charge in [0.15, 0.2) is 5.11 Å². The maximum atomic E-state index is 12.5. The van der Waals surface area contributed by atoms with E-state index in [1.54, 1.807) is 47.4 Å². The van der Waals surface area contributed by atoms with Gasteiger partial charge in [-0.15, -0.1) is 0 Å². The van der Waals surface area contributed by atoms with E-state index in [1.165, 1.54) is 24.5 Å². The fraction of sp³-hybridized carbons (Fsp3) is 0.0476.